The van der Waals surface area contributed by atoms with Crippen LogP contribution in [0.25, 0.3) is 0 Å². The van der Waals surface area contributed by atoms with Crippen LogP contribution in [0.3, 0.4) is 0 Å². The van der Waals surface area contributed by atoms with Crippen LogP contribution in [0.15, 0.2) is 0 Å². The van der Waals surface area contributed by atoms with Gasteiger partial charge in [-0.3, -0.25) is 5.32 Å². The van der Waals surface area contributed by atoms with E-state index in [1.54, 1.807) is 7.05 Å². The molecule has 0 saturated carbocycles. The van der Waals surface area contributed by atoms with Gasteiger partial charge in [-0.15, -0.1) is 0 Å². The number of rotatable bonds is 4. The fourth-order valence-electron chi connectivity index (χ4n) is 0.516. The van der Waals surface area contributed by atoms with Crippen LogP contribution in [-0.2, 0) is 0 Å². The van der Waals surface area contributed by atoms with E-state index >= 15 is 0 Å². The third-order valence-corrected chi connectivity index (χ3v) is 1.36. The van der Waals surface area contributed by atoms with Gasteiger partial charge < -0.3 is 10.0 Å². The Hall–Kier alpha value is -0.120. The highest BCUT2D eigenvalue weighted by atomic mass is 16.3. The molecule has 0 aliphatic heterocycles. The van der Waals surface area contributed by atoms with Crippen molar-refractivity contribution < 1.29 is 5.11 Å². The molecule has 0 fully saturated rings. The van der Waals surface area contributed by atoms with Gasteiger partial charge in [0.2, 0.25) is 0 Å². The SMILES string of the molecule is CCN(C)C[C@@H](O)NC. The molecule has 0 bridgehead atoms. The lowest BCUT2D eigenvalue weighted by molar-refractivity contribution is 0.105. The summed E-state index contributed by atoms with van der Waals surface area (Å²) < 4.78 is 0. The maximum absolute atomic E-state index is 9.01. The minimum absolute atomic E-state index is 0.394. The van der Waals surface area contributed by atoms with E-state index in [0.29, 0.717) is 6.54 Å². The Morgan fingerprint density at radius 3 is 2.56 bits per heavy atom. The molecule has 3 heteroatoms. The van der Waals surface area contributed by atoms with Gasteiger partial charge in [0.15, 0.2) is 0 Å². The number of hydrogen-bond acceptors (Lipinski definition) is 3. The molecule has 1 atom stereocenters. The van der Waals surface area contributed by atoms with Crippen molar-refractivity contribution in [2.75, 3.05) is 27.2 Å². The quantitative estimate of drug-likeness (QED) is 0.505. The molecule has 0 rings (SSSR count). The van der Waals surface area contributed by atoms with Gasteiger partial charge in [0, 0.05) is 6.54 Å². The first kappa shape index (κ1) is 8.88. The van der Waals surface area contributed by atoms with Crippen LogP contribution in [0, 0.1) is 0 Å². The average molecular weight is 132 g/mol. The first-order chi connectivity index (χ1) is 4.20. The molecule has 0 aromatic heterocycles. The molecule has 0 saturated heterocycles. The Morgan fingerprint density at radius 2 is 2.22 bits per heavy atom. The van der Waals surface area contributed by atoms with Gasteiger partial charge in [0.05, 0.1) is 0 Å². The first-order valence-corrected chi connectivity index (χ1v) is 3.24. The molecule has 0 aliphatic carbocycles. The highest BCUT2D eigenvalue weighted by Gasteiger charge is 2.01. The Balaban J connectivity index is 3.22. The Bertz CT molecular complexity index is 60.1. The van der Waals surface area contributed by atoms with Gasteiger partial charge in [-0.1, -0.05) is 6.92 Å². The van der Waals surface area contributed by atoms with Crippen molar-refractivity contribution in [3.8, 4) is 0 Å². The predicted molar refractivity (Wildman–Crippen MR) is 38.2 cm³/mol. The Kier molecular flexibility index (Phi) is 4.67. The second kappa shape index (κ2) is 4.73. The van der Waals surface area contributed by atoms with Crippen LogP contribution < -0.4 is 5.32 Å². The van der Waals surface area contributed by atoms with E-state index in [-0.39, 0.29) is 0 Å². The van der Waals surface area contributed by atoms with Gasteiger partial charge >= 0.3 is 0 Å². The summed E-state index contributed by atoms with van der Waals surface area (Å²) in [6.45, 7) is 3.72. The average Bonchev–Trinajstić information content (AvgIpc) is 1.87. The van der Waals surface area contributed by atoms with Crippen LogP contribution in [0.5, 0.6) is 0 Å². The van der Waals surface area contributed by atoms with E-state index in [4.69, 9.17) is 5.11 Å². The zero-order valence-corrected chi connectivity index (χ0v) is 6.39. The van der Waals surface area contributed by atoms with Crippen LogP contribution >= 0.6 is 0 Å². The number of aliphatic hydroxyl groups excluding tert-OH is 1. The number of nitrogens with zero attached hydrogens (tertiary/aromatic N) is 1. The molecular formula is C6H16N2O. The molecule has 0 spiro atoms. The summed E-state index contributed by atoms with van der Waals surface area (Å²) in [6, 6.07) is 0. The van der Waals surface area contributed by atoms with E-state index in [2.05, 4.69) is 12.2 Å². The zero-order valence-electron chi connectivity index (χ0n) is 6.39. The normalized spacial score (nSPS) is 14.3. The summed E-state index contributed by atoms with van der Waals surface area (Å²) in [5, 5.41) is 11.8. The Labute approximate surface area is 56.7 Å². The third kappa shape index (κ3) is 4.39. The second-order valence-corrected chi connectivity index (χ2v) is 2.16. The predicted octanol–water partition coefficient (Wildman–Crippen LogP) is -0.524. The minimum atomic E-state index is -0.394. The van der Waals surface area contributed by atoms with Crippen LogP contribution in [0.4, 0.5) is 0 Å². The van der Waals surface area contributed by atoms with Crippen molar-refractivity contribution in [2.45, 2.75) is 13.2 Å². The van der Waals surface area contributed by atoms with Crippen molar-refractivity contribution in [2.24, 2.45) is 0 Å². The standard InChI is InChI=1S/C6H16N2O/c1-4-8(3)5-6(9)7-2/h6-7,9H,4-5H2,1-3H3/t6-/m1/s1. The summed E-state index contributed by atoms with van der Waals surface area (Å²) in [6.07, 6.45) is -0.394. The van der Waals surface area contributed by atoms with E-state index in [0.717, 1.165) is 6.54 Å². The van der Waals surface area contributed by atoms with Crippen LogP contribution in [-0.4, -0.2) is 43.4 Å². The highest BCUT2D eigenvalue weighted by molar-refractivity contribution is 4.53. The highest BCUT2D eigenvalue weighted by Crippen LogP contribution is 1.82. The van der Waals surface area contributed by atoms with Gasteiger partial charge in [0.25, 0.3) is 0 Å². The monoisotopic (exact) mass is 132 g/mol. The number of hydrogen-bond donors (Lipinski definition) is 2. The van der Waals surface area contributed by atoms with Gasteiger partial charge in [-0.2, -0.15) is 0 Å². The summed E-state index contributed by atoms with van der Waals surface area (Å²) >= 11 is 0. The second-order valence-electron chi connectivity index (χ2n) is 2.16. The number of aliphatic hydroxyl groups is 1. The molecule has 2 N–H and O–H groups in total. The molecule has 0 amide bonds. The van der Waals surface area contributed by atoms with Crippen LogP contribution in [0.1, 0.15) is 6.92 Å². The fourth-order valence-corrected chi connectivity index (χ4v) is 0.516. The zero-order chi connectivity index (χ0) is 7.28. The molecule has 0 aliphatic rings. The number of likely N-dealkylation sites (N-methyl/N-ethyl adjacent to an activating group) is 2. The van der Waals surface area contributed by atoms with E-state index in [9.17, 15) is 0 Å². The first-order valence-electron chi connectivity index (χ1n) is 3.24. The summed E-state index contributed by atoms with van der Waals surface area (Å²) in [7, 11) is 3.72. The lowest BCUT2D eigenvalue weighted by atomic mass is 10.5. The largest absolute Gasteiger partial charge is 0.377 e. The Morgan fingerprint density at radius 1 is 1.67 bits per heavy atom. The molecule has 9 heavy (non-hydrogen) atoms. The maximum Gasteiger partial charge on any atom is 0.117 e. The molecule has 56 valence electrons. The molecule has 0 radical (unpaired) electrons. The maximum atomic E-state index is 9.01. The molecule has 0 aromatic rings. The topological polar surface area (TPSA) is 35.5 Å². The number of nitrogens with one attached hydrogen (secondary N) is 1. The van der Waals surface area contributed by atoms with Crippen molar-refractivity contribution in [3.05, 3.63) is 0 Å². The lowest BCUT2D eigenvalue weighted by Gasteiger charge is -2.17. The molecule has 3 nitrogen and oxygen atoms in total. The van der Waals surface area contributed by atoms with Crippen molar-refractivity contribution in [1.29, 1.82) is 0 Å². The van der Waals surface area contributed by atoms with Gasteiger partial charge in [0.1, 0.15) is 6.23 Å². The summed E-state index contributed by atoms with van der Waals surface area (Å²) in [4.78, 5) is 2.04. The third-order valence-electron chi connectivity index (χ3n) is 1.36. The van der Waals surface area contributed by atoms with E-state index in [1.165, 1.54) is 0 Å². The lowest BCUT2D eigenvalue weighted by Crippen LogP contribution is -2.37. The smallest absolute Gasteiger partial charge is 0.117 e. The van der Waals surface area contributed by atoms with Crippen molar-refractivity contribution in [1.82, 2.24) is 10.2 Å². The molecule has 0 heterocycles. The van der Waals surface area contributed by atoms with Crippen LogP contribution in [0.2, 0.25) is 0 Å². The summed E-state index contributed by atoms with van der Waals surface area (Å²) in [5.41, 5.74) is 0. The minimum Gasteiger partial charge on any atom is -0.377 e. The van der Waals surface area contributed by atoms with Gasteiger partial charge in [-0.05, 0) is 20.6 Å². The molecule has 0 aromatic carbocycles. The summed E-state index contributed by atoms with van der Waals surface area (Å²) in [5.74, 6) is 0. The van der Waals surface area contributed by atoms with Crippen molar-refractivity contribution >= 4 is 0 Å². The van der Waals surface area contributed by atoms with E-state index in [1.807, 2.05) is 11.9 Å². The molecular weight excluding hydrogens is 116 g/mol. The van der Waals surface area contributed by atoms with Crippen molar-refractivity contribution in [3.63, 3.8) is 0 Å². The van der Waals surface area contributed by atoms with Gasteiger partial charge in [-0.25, -0.2) is 0 Å². The molecule has 0 unspecified atom stereocenters. The van der Waals surface area contributed by atoms with E-state index < -0.39 is 6.23 Å². The fraction of sp³-hybridized carbons (Fsp3) is 1.00.